The number of carbonyl (C=O) groups is 2. The van der Waals surface area contributed by atoms with E-state index >= 15 is 0 Å². The van der Waals surface area contributed by atoms with Gasteiger partial charge in [-0.2, -0.15) is 0 Å². The molecule has 2 unspecified atom stereocenters. The van der Waals surface area contributed by atoms with Gasteiger partial charge in [0.1, 0.15) is 0 Å². The highest BCUT2D eigenvalue weighted by Gasteiger charge is 2.42. The molecule has 0 aromatic heterocycles. The molecule has 3 aliphatic rings. The molecule has 0 aromatic rings. The smallest absolute Gasteiger partial charge is 0.322 e. The molecule has 5 nitrogen and oxygen atoms in total. The zero-order valence-corrected chi connectivity index (χ0v) is 10.8. The molecule has 1 aliphatic carbocycles. The molecule has 3 rings (SSSR count). The third-order valence-electron chi connectivity index (χ3n) is 4.24. The van der Waals surface area contributed by atoms with Crippen molar-refractivity contribution in [3.8, 4) is 0 Å². The van der Waals surface area contributed by atoms with E-state index in [0.717, 1.165) is 38.6 Å². The standard InChI is InChI=1S/C13H20N2O3/c1-14-11(18-12(16)9-5-6-9)8-10-4-2-3-7-15(10)13(14)17/h9-11H,2-8H2,1H3. The summed E-state index contributed by atoms with van der Waals surface area (Å²) in [6, 6.07) is 0.277. The molecule has 1 saturated carbocycles. The summed E-state index contributed by atoms with van der Waals surface area (Å²) < 4.78 is 5.49. The van der Waals surface area contributed by atoms with E-state index in [1.54, 1.807) is 11.9 Å². The summed E-state index contributed by atoms with van der Waals surface area (Å²) in [5, 5.41) is 0. The van der Waals surface area contributed by atoms with Crippen LogP contribution in [0.4, 0.5) is 4.79 Å². The van der Waals surface area contributed by atoms with E-state index in [1.165, 1.54) is 6.42 Å². The third kappa shape index (κ3) is 2.06. The largest absolute Gasteiger partial charge is 0.441 e. The first-order valence-corrected chi connectivity index (χ1v) is 6.91. The molecule has 0 N–H and O–H groups in total. The van der Waals surface area contributed by atoms with Crippen molar-refractivity contribution in [1.29, 1.82) is 0 Å². The first-order chi connectivity index (χ1) is 8.66. The number of rotatable bonds is 2. The maximum atomic E-state index is 12.2. The lowest BCUT2D eigenvalue weighted by Crippen LogP contribution is -2.59. The maximum absolute atomic E-state index is 12.2. The second-order valence-electron chi connectivity index (χ2n) is 5.64. The average Bonchev–Trinajstić information content (AvgIpc) is 3.20. The minimum absolute atomic E-state index is 0.0135. The minimum Gasteiger partial charge on any atom is -0.441 e. The number of hydrogen-bond acceptors (Lipinski definition) is 3. The van der Waals surface area contributed by atoms with Crippen molar-refractivity contribution >= 4 is 12.0 Å². The van der Waals surface area contributed by atoms with Gasteiger partial charge in [0.15, 0.2) is 6.23 Å². The zero-order valence-electron chi connectivity index (χ0n) is 10.8. The number of urea groups is 1. The van der Waals surface area contributed by atoms with Gasteiger partial charge in [0.25, 0.3) is 0 Å². The fourth-order valence-electron chi connectivity index (χ4n) is 2.89. The minimum atomic E-state index is -0.357. The highest BCUT2D eigenvalue weighted by molar-refractivity contribution is 5.78. The molecule has 0 aromatic carbocycles. The Morgan fingerprint density at radius 1 is 1.28 bits per heavy atom. The highest BCUT2D eigenvalue weighted by Crippen LogP contribution is 2.33. The van der Waals surface area contributed by atoms with Crippen LogP contribution in [0, 0.1) is 5.92 Å². The van der Waals surface area contributed by atoms with Gasteiger partial charge in [-0.3, -0.25) is 9.69 Å². The number of carbonyl (C=O) groups excluding carboxylic acids is 2. The SMILES string of the molecule is CN1C(=O)N2CCCCC2CC1OC(=O)C1CC1. The first-order valence-electron chi connectivity index (χ1n) is 6.91. The second-order valence-corrected chi connectivity index (χ2v) is 5.64. The van der Waals surface area contributed by atoms with Crippen molar-refractivity contribution in [3.63, 3.8) is 0 Å². The summed E-state index contributed by atoms with van der Waals surface area (Å²) in [7, 11) is 1.73. The number of piperidine rings is 1. The fraction of sp³-hybridized carbons (Fsp3) is 0.846. The number of amides is 2. The molecular weight excluding hydrogens is 232 g/mol. The topological polar surface area (TPSA) is 49.9 Å². The Balaban J connectivity index is 1.67. The van der Waals surface area contributed by atoms with Gasteiger partial charge in [-0.1, -0.05) is 0 Å². The normalized spacial score (nSPS) is 32.2. The van der Waals surface area contributed by atoms with Crippen molar-refractivity contribution in [2.24, 2.45) is 5.92 Å². The summed E-state index contributed by atoms with van der Waals surface area (Å²) in [5.41, 5.74) is 0. The van der Waals surface area contributed by atoms with Gasteiger partial charge in [0.05, 0.1) is 5.92 Å². The van der Waals surface area contributed by atoms with E-state index < -0.39 is 0 Å². The summed E-state index contributed by atoms with van der Waals surface area (Å²) in [6.45, 7) is 0.844. The Labute approximate surface area is 107 Å². The molecule has 0 bridgehead atoms. The van der Waals surface area contributed by atoms with Gasteiger partial charge >= 0.3 is 12.0 Å². The third-order valence-corrected chi connectivity index (χ3v) is 4.24. The Hall–Kier alpha value is -1.26. The molecule has 100 valence electrons. The Kier molecular flexibility index (Phi) is 2.92. The molecule has 18 heavy (non-hydrogen) atoms. The lowest BCUT2D eigenvalue weighted by molar-refractivity contribution is -0.162. The van der Waals surface area contributed by atoms with Crippen LogP contribution in [-0.2, 0) is 9.53 Å². The van der Waals surface area contributed by atoms with Gasteiger partial charge in [0.2, 0.25) is 0 Å². The van der Waals surface area contributed by atoms with Crippen LogP contribution in [0.1, 0.15) is 38.5 Å². The van der Waals surface area contributed by atoms with Crippen LogP contribution < -0.4 is 0 Å². The molecule has 3 fully saturated rings. The maximum Gasteiger partial charge on any atom is 0.322 e. The van der Waals surface area contributed by atoms with E-state index in [2.05, 4.69) is 0 Å². The van der Waals surface area contributed by atoms with Crippen molar-refractivity contribution in [1.82, 2.24) is 9.80 Å². The van der Waals surface area contributed by atoms with Crippen LogP contribution in [0.25, 0.3) is 0 Å². The van der Waals surface area contributed by atoms with E-state index in [-0.39, 0.29) is 30.2 Å². The van der Waals surface area contributed by atoms with Crippen molar-refractivity contribution in [3.05, 3.63) is 0 Å². The van der Waals surface area contributed by atoms with Crippen molar-refractivity contribution in [2.45, 2.75) is 50.8 Å². The number of hydrogen-bond donors (Lipinski definition) is 0. The molecule has 5 heteroatoms. The van der Waals surface area contributed by atoms with E-state index in [1.807, 2.05) is 4.90 Å². The molecule has 2 saturated heterocycles. The molecule has 2 amide bonds. The Morgan fingerprint density at radius 3 is 2.78 bits per heavy atom. The summed E-state index contributed by atoms with van der Waals surface area (Å²) in [4.78, 5) is 27.4. The van der Waals surface area contributed by atoms with Crippen LogP contribution in [0.5, 0.6) is 0 Å². The highest BCUT2D eigenvalue weighted by atomic mass is 16.6. The quantitative estimate of drug-likeness (QED) is 0.701. The Bertz CT molecular complexity index is 367. The second kappa shape index (κ2) is 4.44. The number of nitrogens with zero attached hydrogens (tertiary/aromatic N) is 2. The van der Waals surface area contributed by atoms with E-state index in [4.69, 9.17) is 4.74 Å². The van der Waals surface area contributed by atoms with E-state index in [0.29, 0.717) is 0 Å². The summed E-state index contributed by atoms with van der Waals surface area (Å²) >= 11 is 0. The number of fused-ring (bicyclic) bond motifs is 1. The van der Waals surface area contributed by atoms with Crippen LogP contribution in [0.15, 0.2) is 0 Å². The number of ether oxygens (including phenoxy) is 1. The lowest BCUT2D eigenvalue weighted by atomic mass is 9.97. The Morgan fingerprint density at radius 2 is 2.06 bits per heavy atom. The summed E-state index contributed by atoms with van der Waals surface area (Å²) in [6.07, 6.45) is 5.59. The van der Waals surface area contributed by atoms with Gasteiger partial charge in [-0.15, -0.1) is 0 Å². The molecular formula is C13H20N2O3. The lowest BCUT2D eigenvalue weighted by Gasteiger charge is -2.46. The van der Waals surface area contributed by atoms with Crippen molar-refractivity contribution < 1.29 is 14.3 Å². The van der Waals surface area contributed by atoms with Gasteiger partial charge in [-0.25, -0.2) is 4.79 Å². The average molecular weight is 252 g/mol. The van der Waals surface area contributed by atoms with Gasteiger partial charge in [-0.05, 0) is 32.1 Å². The predicted molar refractivity (Wildman–Crippen MR) is 64.7 cm³/mol. The van der Waals surface area contributed by atoms with E-state index in [9.17, 15) is 9.59 Å². The zero-order chi connectivity index (χ0) is 12.7. The molecule has 2 atom stereocenters. The molecule has 2 heterocycles. The molecule has 0 spiro atoms. The predicted octanol–water partition coefficient (Wildman–Crippen LogP) is 1.58. The van der Waals surface area contributed by atoms with Gasteiger partial charge in [0, 0.05) is 26.1 Å². The monoisotopic (exact) mass is 252 g/mol. The molecule has 0 radical (unpaired) electrons. The molecule has 2 aliphatic heterocycles. The summed E-state index contributed by atoms with van der Waals surface area (Å²) in [5.74, 6) is -0.0261. The number of esters is 1. The van der Waals surface area contributed by atoms with Gasteiger partial charge < -0.3 is 9.64 Å². The fourth-order valence-corrected chi connectivity index (χ4v) is 2.89. The van der Waals surface area contributed by atoms with Crippen LogP contribution >= 0.6 is 0 Å². The van der Waals surface area contributed by atoms with Crippen LogP contribution in [-0.4, -0.2) is 47.7 Å². The first kappa shape index (κ1) is 11.8. The van der Waals surface area contributed by atoms with Crippen LogP contribution in [0.2, 0.25) is 0 Å². The van der Waals surface area contributed by atoms with Crippen LogP contribution in [0.3, 0.4) is 0 Å². The van der Waals surface area contributed by atoms with Crippen molar-refractivity contribution in [2.75, 3.05) is 13.6 Å².